The number of rotatable bonds is 18. The minimum absolute atomic E-state index is 0.402. The summed E-state index contributed by atoms with van der Waals surface area (Å²) in [7, 11) is -0.804. The average molecular weight is 603 g/mol. The van der Waals surface area contributed by atoms with Crippen LogP contribution in [0.4, 0.5) is 0 Å². The molecule has 0 heterocycles. The van der Waals surface area contributed by atoms with Gasteiger partial charge in [-0.3, -0.25) is 0 Å². The second-order valence-electron chi connectivity index (χ2n) is 14.0. The van der Waals surface area contributed by atoms with Gasteiger partial charge in [-0.25, -0.2) is 0 Å². The van der Waals surface area contributed by atoms with Gasteiger partial charge in [0.25, 0.3) is 0 Å². The molecule has 0 aliphatic rings. The summed E-state index contributed by atoms with van der Waals surface area (Å²) in [5.41, 5.74) is 0. The van der Waals surface area contributed by atoms with E-state index in [-0.39, 0.29) is 0 Å². The zero-order valence-corrected chi connectivity index (χ0v) is 30.8. The summed E-state index contributed by atoms with van der Waals surface area (Å²) in [5.74, 6) is 5.46. The third kappa shape index (κ3) is 46.7. The van der Waals surface area contributed by atoms with Crippen molar-refractivity contribution in [2.45, 2.75) is 158 Å². The normalized spacial score (nSPS) is 12.3. The molecule has 0 aromatic carbocycles. The summed E-state index contributed by atoms with van der Waals surface area (Å²) in [5, 5.41) is 0. The molecule has 0 aromatic rings. The Labute approximate surface area is 239 Å². The van der Waals surface area contributed by atoms with Gasteiger partial charge in [-0.2, -0.15) is 0 Å². The van der Waals surface area contributed by atoms with Gasteiger partial charge in [-0.05, 0) is 35.5 Å². The van der Waals surface area contributed by atoms with E-state index in [1.165, 1.54) is 38.5 Å². The van der Waals surface area contributed by atoms with Gasteiger partial charge in [0.05, 0.1) is 0 Å². The van der Waals surface area contributed by atoms with Gasteiger partial charge >= 0.3 is 29.5 Å². The topological polar surface area (TPSA) is 74.6 Å². The molecule has 0 rings (SSSR count). The van der Waals surface area contributed by atoms with Gasteiger partial charge in [-0.1, -0.05) is 158 Å². The van der Waals surface area contributed by atoms with Crippen LogP contribution in [0.2, 0.25) is 36.3 Å². The molecule has 228 valence electrons. The summed E-state index contributed by atoms with van der Waals surface area (Å²) < 4.78 is 31.9. The van der Waals surface area contributed by atoms with E-state index in [9.17, 15) is 0 Å². The van der Waals surface area contributed by atoms with E-state index >= 15 is 0 Å². The fourth-order valence-electron chi connectivity index (χ4n) is 4.28. The Morgan fingerprint density at radius 1 is 0.405 bits per heavy atom. The van der Waals surface area contributed by atoms with Gasteiger partial charge in [0, 0.05) is 17.6 Å². The predicted octanol–water partition coefficient (Wildman–Crippen LogP) is 9.35. The molecule has 4 nitrogen and oxygen atoms in total. The molecule has 0 spiro atoms. The van der Waals surface area contributed by atoms with E-state index in [2.05, 4.69) is 83.1 Å². The van der Waals surface area contributed by atoms with Crippen molar-refractivity contribution in [3.8, 4) is 0 Å². The van der Waals surface area contributed by atoms with E-state index in [1.807, 2.05) is 0 Å². The van der Waals surface area contributed by atoms with E-state index in [0.717, 1.165) is 35.5 Å². The fraction of sp³-hybridized carbons (Fsp3) is 1.00. The van der Waals surface area contributed by atoms with Crippen LogP contribution >= 0.6 is 0 Å². The van der Waals surface area contributed by atoms with Crippen LogP contribution in [0.3, 0.4) is 0 Å². The first-order valence-corrected chi connectivity index (χ1v) is 22.6. The van der Waals surface area contributed by atoms with Gasteiger partial charge in [0.1, 0.15) is 0 Å². The molecule has 0 atom stereocenters. The Kier molecular flexibility index (Phi) is 28.9. The molecule has 0 amide bonds. The van der Waals surface area contributed by atoms with Crippen LogP contribution in [0, 0.1) is 35.5 Å². The maximum absolute atomic E-state index is 8.82. The molecule has 0 saturated heterocycles. The SMILES string of the molecule is CC(C)CC[SiH](CCC(C)C)CCC(C)C.CC(C)CC[SiH](CCC(C)C)CCC(C)C.[O]=[Cr](=[O])([OH])[OH]. The average Bonchev–Trinajstić information content (AvgIpc) is 2.71. The summed E-state index contributed by atoms with van der Waals surface area (Å²) in [6.45, 7) is 28.5. The molecule has 0 aliphatic heterocycles. The second-order valence-corrected chi connectivity index (χ2v) is 22.3. The van der Waals surface area contributed by atoms with Crippen LogP contribution in [0.5, 0.6) is 0 Å². The monoisotopic (exact) mass is 602 g/mol. The summed E-state index contributed by atoms with van der Waals surface area (Å²) >= 11 is -5.25. The Morgan fingerprint density at radius 2 is 0.514 bits per heavy atom. The standard InChI is InChI=1S/2C15H34Si.Cr.2H2O.2O/c2*1-13(2)7-10-16(11-8-14(3)4)12-9-15(5)6;;;;;/h2*13-16H,7-12H2,1-6H3;;2*1H2;;/q;;+2;;;;/p-2. The summed E-state index contributed by atoms with van der Waals surface area (Å²) in [6.07, 6.45) is 8.88. The van der Waals surface area contributed by atoms with E-state index < -0.39 is 31.2 Å². The molecule has 0 saturated carbocycles. The van der Waals surface area contributed by atoms with Gasteiger partial charge in [0.2, 0.25) is 0 Å². The third-order valence-electron chi connectivity index (χ3n) is 6.91. The van der Waals surface area contributed by atoms with Crippen LogP contribution in [-0.2, 0) is 21.2 Å². The third-order valence-corrected chi connectivity index (χ3v) is 13.8. The molecular formula is C30H70CrO4Si2. The Morgan fingerprint density at radius 3 is 0.595 bits per heavy atom. The zero-order chi connectivity index (χ0) is 29.6. The van der Waals surface area contributed by atoms with Crippen molar-refractivity contribution in [3.63, 3.8) is 0 Å². The Bertz CT molecular complexity index is 475. The van der Waals surface area contributed by atoms with Crippen molar-refractivity contribution in [1.29, 1.82) is 0 Å². The van der Waals surface area contributed by atoms with Crippen molar-refractivity contribution < 1.29 is 29.5 Å². The quantitative estimate of drug-likeness (QED) is 0.153. The molecule has 0 aliphatic carbocycles. The van der Waals surface area contributed by atoms with Gasteiger partial charge in [-0.15, -0.1) is 0 Å². The molecule has 2 N–H and O–H groups in total. The zero-order valence-electron chi connectivity index (χ0n) is 27.2. The molecule has 0 fully saturated rings. The van der Waals surface area contributed by atoms with Crippen molar-refractivity contribution in [1.82, 2.24) is 0 Å². The van der Waals surface area contributed by atoms with Crippen LogP contribution in [-0.4, -0.2) is 25.9 Å². The second kappa shape index (κ2) is 25.5. The first-order chi connectivity index (χ1) is 16.8. The van der Waals surface area contributed by atoms with Crippen molar-refractivity contribution in [3.05, 3.63) is 0 Å². The van der Waals surface area contributed by atoms with E-state index in [0.29, 0.717) is 0 Å². The predicted molar refractivity (Wildman–Crippen MR) is 166 cm³/mol. The van der Waals surface area contributed by atoms with Crippen molar-refractivity contribution >= 4 is 17.6 Å². The maximum atomic E-state index is 8.82. The van der Waals surface area contributed by atoms with E-state index in [1.54, 1.807) is 36.3 Å². The van der Waals surface area contributed by atoms with Gasteiger partial charge in [0.15, 0.2) is 0 Å². The number of hydrogen-bond donors (Lipinski definition) is 2. The molecule has 7 heteroatoms. The minimum atomic E-state index is -5.25. The van der Waals surface area contributed by atoms with Crippen LogP contribution in [0.25, 0.3) is 0 Å². The molecule has 0 unspecified atom stereocenters. The van der Waals surface area contributed by atoms with Crippen LogP contribution in [0.15, 0.2) is 0 Å². The van der Waals surface area contributed by atoms with Crippen LogP contribution < -0.4 is 0 Å². The molecule has 0 bridgehead atoms. The summed E-state index contributed by atoms with van der Waals surface area (Å²) in [4.78, 5) is 0. The van der Waals surface area contributed by atoms with Gasteiger partial charge < -0.3 is 0 Å². The molecule has 0 aromatic heterocycles. The fourth-order valence-corrected chi connectivity index (χ4v) is 12.8. The van der Waals surface area contributed by atoms with Crippen molar-refractivity contribution in [2.24, 2.45) is 35.5 Å². The van der Waals surface area contributed by atoms with Crippen LogP contribution in [0.1, 0.15) is 122 Å². The molecule has 37 heavy (non-hydrogen) atoms. The number of hydrogen-bond acceptors (Lipinski definition) is 2. The van der Waals surface area contributed by atoms with Crippen molar-refractivity contribution in [2.75, 3.05) is 0 Å². The summed E-state index contributed by atoms with van der Waals surface area (Å²) in [6, 6.07) is 9.57. The van der Waals surface area contributed by atoms with E-state index in [4.69, 9.17) is 15.9 Å². The first kappa shape index (κ1) is 42.0. The molecule has 0 radical (unpaired) electrons. The Hall–Kier alpha value is 0.486. The Balaban J connectivity index is -0.000000528. The molecular weight excluding hydrogens is 532 g/mol. The first-order valence-electron chi connectivity index (χ1n) is 15.5.